The van der Waals surface area contributed by atoms with E-state index in [1.807, 2.05) is 6.08 Å². The summed E-state index contributed by atoms with van der Waals surface area (Å²) in [6.07, 6.45) is 1.55. The number of phenols is 1. The Morgan fingerprint density at radius 3 is 2.32 bits per heavy atom. The molecule has 2 aliphatic carbocycles. The first-order valence-electron chi connectivity index (χ1n) is 15.9. The summed E-state index contributed by atoms with van der Waals surface area (Å²) in [5.41, 5.74) is 2.79. The van der Waals surface area contributed by atoms with Crippen LogP contribution in [0.2, 0.25) is 15.1 Å². The molecule has 3 fully saturated rings. The van der Waals surface area contributed by atoms with Gasteiger partial charge in [0.2, 0.25) is 11.8 Å². The van der Waals surface area contributed by atoms with E-state index in [1.54, 1.807) is 36.4 Å². The van der Waals surface area contributed by atoms with Crippen LogP contribution in [0, 0.1) is 23.7 Å². The average Bonchev–Trinajstić information content (AvgIpc) is 3.46. The minimum absolute atomic E-state index is 0.000247. The molecule has 258 valence electrons. The number of hydrazine groups is 1. The number of fused-ring (bicyclic) bond motifs is 4. The van der Waals surface area contributed by atoms with E-state index < -0.39 is 71.0 Å². The van der Waals surface area contributed by atoms with Crippen LogP contribution in [-0.2, 0) is 29.4 Å². The Bertz CT molecular complexity index is 2000. The van der Waals surface area contributed by atoms with Crippen LogP contribution in [0.3, 0.4) is 0 Å². The van der Waals surface area contributed by atoms with Gasteiger partial charge in [-0.15, -0.1) is 0 Å². The first kappa shape index (κ1) is 33.9. The minimum Gasteiger partial charge on any atom is -0.508 e. The lowest BCUT2D eigenvalue weighted by atomic mass is 9.49. The summed E-state index contributed by atoms with van der Waals surface area (Å²) in [4.78, 5) is 69.9. The maximum Gasteiger partial charge on any atom is 0.305 e. The molecule has 2 saturated heterocycles. The summed E-state index contributed by atoms with van der Waals surface area (Å²) in [5.74, 6) is -7.60. The smallest absolute Gasteiger partial charge is 0.305 e. The molecule has 2 heterocycles. The molecule has 3 aromatic rings. The van der Waals surface area contributed by atoms with Crippen LogP contribution in [0.1, 0.15) is 36.3 Å². The van der Waals surface area contributed by atoms with E-state index in [0.29, 0.717) is 21.9 Å². The molecule has 3 N–H and O–H groups in total. The predicted molar refractivity (Wildman–Crippen MR) is 183 cm³/mol. The molecule has 11 nitrogen and oxygen atoms in total. The molecule has 14 heteroatoms. The van der Waals surface area contributed by atoms with Gasteiger partial charge in [-0.2, -0.15) is 5.01 Å². The molecular weight excluding hydrogens is 709 g/mol. The Kier molecular flexibility index (Phi) is 8.56. The number of phenolic OH excluding ortho intramolecular Hbond substituents is 1. The third-order valence-corrected chi connectivity index (χ3v) is 11.3. The molecule has 4 aliphatic rings. The number of benzene rings is 3. The SMILES string of the molecule is COc1ccc(C23C(=O)N(Nc4ccc(Cl)cc4Cl)C(=O)C2CC2C(=CCC4C(=O)N(CCC(=O)O)C(=O)C42)C3c2cc(Cl)ccc2O)cc1. The number of hydrogen-bond acceptors (Lipinski definition) is 8. The monoisotopic (exact) mass is 737 g/mol. The van der Waals surface area contributed by atoms with E-state index >= 15 is 4.79 Å². The van der Waals surface area contributed by atoms with Crippen molar-refractivity contribution >= 4 is 70.1 Å². The van der Waals surface area contributed by atoms with Gasteiger partial charge in [-0.25, -0.2) is 0 Å². The molecule has 1 saturated carbocycles. The number of hydrogen-bond donors (Lipinski definition) is 3. The highest BCUT2D eigenvalue weighted by molar-refractivity contribution is 6.36. The van der Waals surface area contributed by atoms with Crippen molar-refractivity contribution in [2.45, 2.75) is 30.6 Å². The maximum absolute atomic E-state index is 15.2. The van der Waals surface area contributed by atoms with Crippen LogP contribution in [0.15, 0.2) is 72.3 Å². The second kappa shape index (κ2) is 12.6. The van der Waals surface area contributed by atoms with Crippen molar-refractivity contribution in [3.05, 3.63) is 98.5 Å². The fraction of sp³-hybridized carbons (Fsp3) is 0.306. The molecule has 6 unspecified atom stereocenters. The molecule has 0 aromatic heterocycles. The van der Waals surface area contributed by atoms with E-state index in [0.717, 1.165) is 9.91 Å². The Morgan fingerprint density at radius 1 is 0.940 bits per heavy atom. The first-order chi connectivity index (χ1) is 23.9. The highest BCUT2D eigenvalue weighted by Gasteiger charge is 2.70. The van der Waals surface area contributed by atoms with E-state index in [1.165, 1.54) is 31.4 Å². The average molecular weight is 739 g/mol. The molecule has 0 spiro atoms. The molecule has 3 aromatic carbocycles. The molecule has 4 amide bonds. The Balaban J connectivity index is 1.45. The zero-order chi connectivity index (χ0) is 35.6. The Morgan fingerprint density at radius 2 is 1.64 bits per heavy atom. The van der Waals surface area contributed by atoms with Crippen molar-refractivity contribution in [3.8, 4) is 11.5 Å². The molecule has 0 bridgehead atoms. The van der Waals surface area contributed by atoms with E-state index in [9.17, 15) is 29.4 Å². The highest BCUT2D eigenvalue weighted by atomic mass is 35.5. The van der Waals surface area contributed by atoms with Crippen molar-refractivity contribution in [3.63, 3.8) is 0 Å². The quantitative estimate of drug-likeness (QED) is 0.192. The summed E-state index contributed by atoms with van der Waals surface area (Å²) in [6, 6.07) is 15.8. The molecule has 6 atom stereocenters. The van der Waals surface area contributed by atoms with Crippen LogP contribution < -0.4 is 10.2 Å². The number of methoxy groups -OCH3 is 1. The number of ether oxygens (including phenoxy) is 1. The fourth-order valence-electron chi connectivity index (χ4n) is 8.44. The lowest BCUT2D eigenvalue weighted by molar-refractivity contribution is -0.143. The number of imide groups is 2. The van der Waals surface area contributed by atoms with Crippen LogP contribution in [0.25, 0.3) is 0 Å². The number of amides is 4. The van der Waals surface area contributed by atoms with Crippen molar-refractivity contribution in [2.75, 3.05) is 19.1 Å². The number of anilines is 1. The van der Waals surface area contributed by atoms with Crippen LogP contribution in [-0.4, -0.2) is 63.4 Å². The van der Waals surface area contributed by atoms with Crippen molar-refractivity contribution in [1.29, 1.82) is 0 Å². The number of carboxylic acids is 1. The minimum atomic E-state index is -1.68. The summed E-state index contributed by atoms with van der Waals surface area (Å²) >= 11 is 19.1. The summed E-state index contributed by atoms with van der Waals surface area (Å²) in [6.45, 7) is -0.281. The summed E-state index contributed by atoms with van der Waals surface area (Å²) in [5, 5.41) is 22.4. The fourth-order valence-corrected chi connectivity index (χ4v) is 9.07. The number of likely N-dealkylation sites (tertiary alicyclic amines) is 1. The number of nitrogens with zero attached hydrogens (tertiary/aromatic N) is 2. The van der Waals surface area contributed by atoms with E-state index in [2.05, 4.69) is 5.43 Å². The van der Waals surface area contributed by atoms with E-state index in [4.69, 9.17) is 39.5 Å². The van der Waals surface area contributed by atoms with Gasteiger partial charge in [0.1, 0.15) is 11.5 Å². The number of carbonyl (C=O) groups excluding carboxylic acids is 4. The van der Waals surface area contributed by atoms with Gasteiger partial charge in [-0.3, -0.25) is 34.3 Å². The molecule has 7 rings (SSSR count). The number of allylic oxidation sites excluding steroid dienone is 2. The van der Waals surface area contributed by atoms with Gasteiger partial charge in [0, 0.05) is 28.1 Å². The van der Waals surface area contributed by atoms with Gasteiger partial charge in [-0.05, 0) is 72.9 Å². The van der Waals surface area contributed by atoms with Gasteiger partial charge < -0.3 is 14.9 Å². The lowest BCUT2D eigenvalue weighted by Gasteiger charge is -2.50. The Hall–Kier alpha value is -4.58. The number of halogens is 3. The largest absolute Gasteiger partial charge is 0.508 e. The Labute approximate surface area is 301 Å². The number of carbonyl (C=O) groups is 5. The van der Waals surface area contributed by atoms with Crippen molar-refractivity contribution < 1.29 is 38.9 Å². The lowest BCUT2D eigenvalue weighted by Crippen LogP contribution is -2.53. The molecule has 50 heavy (non-hydrogen) atoms. The molecule has 0 radical (unpaired) electrons. The second-order valence-electron chi connectivity index (χ2n) is 12.9. The van der Waals surface area contributed by atoms with Gasteiger partial charge in [0.15, 0.2) is 0 Å². The highest BCUT2D eigenvalue weighted by Crippen LogP contribution is 2.65. The standard InChI is InChI=1S/C36H30Cl3N3O8/c1-50-20-6-2-17(3-7-20)36-25(33(47)42(35(36)49)40-27-10-4-19(38)15-26(27)39)16-23-21(31(36)24-14-18(37)5-11-28(24)43)8-9-22-30(23)34(48)41(32(22)46)13-12-29(44)45/h2-8,10-11,14-15,22-23,25,30-31,40,43H,9,12-13,16H2,1H3,(H,44,45). The van der Waals surface area contributed by atoms with Crippen LogP contribution in [0.4, 0.5) is 5.69 Å². The number of aliphatic carboxylic acids is 1. The van der Waals surface area contributed by atoms with Gasteiger partial charge in [-0.1, -0.05) is 58.6 Å². The zero-order valence-corrected chi connectivity index (χ0v) is 28.7. The molecule has 2 aliphatic heterocycles. The zero-order valence-electron chi connectivity index (χ0n) is 26.4. The van der Waals surface area contributed by atoms with Gasteiger partial charge in [0.05, 0.1) is 47.4 Å². The summed E-state index contributed by atoms with van der Waals surface area (Å²) in [7, 11) is 1.50. The number of aromatic hydroxyl groups is 1. The van der Waals surface area contributed by atoms with Crippen molar-refractivity contribution in [1.82, 2.24) is 9.91 Å². The van der Waals surface area contributed by atoms with Gasteiger partial charge >= 0.3 is 5.97 Å². The van der Waals surface area contributed by atoms with Crippen molar-refractivity contribution in [2.24, 2.45) is 23.7 Å². The number of rotatable bonds is 8. The topological polar surface area (TPSA) is 154 Å². The predicted octanol–water partition coefficient (Wildman–Crippen LogP) is 5.82. The molecular formula is C36H30Cl3N3O8. The van der Waals surface area contributed by atoms with Gasteiger partial charge in [0.25, 0.3) is 11.8 Å². The van der Waals surface area contributed by atoms with E-state index in [-0.39, 0.29) is 46.4 Å². The van der Waals surface area contributed by atoms with Crippen LogP contribution >= 0.6 is 34.8 Å². The third-order valence-electron chi connectivity index (χ3n) is 10.5. The second-order valence-corrected chi connectivity index (χ2v) is 14.2. The van der Waals surface area contributed by atoms with Crippen LogP contribution in [0.5, 0.6) is 11.5 Å². The normalized spacial score (nSPS) is 27.1. The third kappa shape index (κ3) is 5.13. The number of nitrogens with one attached hydrogen (secondary N) is 1. The first-order valence-corrected chi connectivity index (χ1v) is 17.0. The number of carboxylic acid groups (broad SMARTS) is 1. The summed E-state index contributed by atoms with van der Waals surface area (Å²) < 4.78 is 5.40. The maximum atomic E-state index is 15.2.